The lowest BCUT2D eigenvalue weighted by Gasteiger charge is -2.28. The molecule has 3 aliphatic carbocycles. The molecule has 0 radical (unpaired) electrons. The molecule has 1 heteroatoms. The van der Waals surface area contributed by atoms with E-state index in [0.717, 1.165) is 17.8 Å². The van der Waals surface area contributed by atoms with Crippen LogP contribution in [0.15, 0.2) is 194 Å². The first-order valence-electron chi connectivity index (χ1n) is 21.4. The second-order valence-corrected chi connectivity index (χ2v) is 18.1. The second-order valence-electron chi connectivity index (χ2n) is 18.1. The molecule has 1 fully saturated rings. The fraction of sp³-hybridized carbons (Fsp3) is 0.172. The molecule has 1 nitrogen and oxygen atoms in total. The Kier molecular flexibility index (Phi) is 8.21. The van der Waals surface area contributed by atoms with E-state index in [1.165, 1.54) is 78.0 Å². The molecule has 3 aliphatic rings. The molecule has 0 amide bonds. The minimum Gasteiger partial charge on any atom is -0.310 e. The average molecular weight is 760 g/mol. The molecule has 11 rings (SSSR count). The van der Waals surface area contributed by atoms with E-state index in [4.69, 9.17) is 0 Å². The molecule has 0 heterocycles. The molecular formula is C58H49N. The highest BCUT2D eigenvalue weighted by Gasteiger charge is 2.51. The highest BCUT2D eigenvalue weighted by Crippen LogP contribution is 2.63. The number of anilines is 3. The second kappa shape index (κ2) is 13.6. The van der Waals surface area contributed by atoms with Crippen LogP contribution >= 0.6 is 0 Å². The molecule has 286 valence electrons. The molecule has 3 atom stereocenters. The summed E-state index contributed by atoms with van der Waals surface area (Å²) in [5.41, 5.74) is 21.4. The lowest BCUT2D eigenvalue weighted by atomic mass is 9.81. The number of hydrogen-bond acceptors (Lipinski definition) is 1. The molecule has 0 saturated heterocycles. The minimum atomic E-state index is -0.0738. The van der Waals surface area contributed by atoms with Gasteiger partial charge in [0.2, 0.25) is 0 Å². The van der Waals surface area contributed by atoms with E-state index in [2.05, 4.69) is 227 Å². The summed E-state index contributed by atoms with van der Waals surface area (Å²) in [6.07, 6.45) is 1.04. The Morgan fingerprint density at radius 1 is 0.373 bits per heavy atom. The summed E-state index contributed by atoms with van der Waals surface area (Å²) < 4.78 is 0. The largest absolute Gasteiger partial charge is 0.310 e. The van der Waals surface area contributed by atoms with Crippen LogP contribution in [0.2, 0.25) is 0 Å². The number of benzene rings is 8. The first-order valence-corrected chi connectivity index (χ1v) is 21.4. The van der Waals surface area contributed by atoms with Crippen molar-refractivity contribution in [3.05, 3.63) is 233 Å². The molecule has 0 bridgehead atoms. The highest BCUT2D eigenvalue weighted by atomic mass is 15.1. The van der Waals surface area contributed by atoms with E-state index in [0.29, 0.717) is 17.8 Å². The van der Waals surface area contributed by atoms with Gasteiger partial charge in [0.25, 0.3) is 0 Å². The predicted molar refractivity (Wildman–Crippen MR) is 247 cm³/mol. The number of fused-ring (bicyclic) bond motifs is 6. The van der Waals surface area contributed by atoms with Gasteiger partial charge in [-0.3, -0.25) is 0 Å². The number of rotatable bonds is 8. The van der Waals surface area contributed by atoms with Crippen molar-refractivity contribution in [2.45, 2.75) is 56.8 Å². The van der Waals surface area contributed by atoms with Crippen LogP contribution in [-0.4, -0.2) is 0 Å². The van der Waals surface area contributed by atoms with Crippen molar-refractivity contribution in [1.29, 1.82) is 0 Å². The average Bonchev–Trinajstić information content (AvgIpc) is 3.87. The van der Waals surface area contributed by atoms with Gasteiger partial charge in [0.15, 0.2) is 0 Å². The zero-order valence-corrected chi connectivity index (χ0v) is 34.4. The van der Waals surface area contributed by atoms with Crippen LogP contribution in [0.25, 0.3) is 33.4 Å². The first kappa shape index (κ1) is 35.7. The molecule has 0 N–H and O–H groups in total. The van der Waals surface area contributed by atoms with Crippen molar-refractivity contribution in [2.75, 3.05) is 4.90 Å². The number of para-hydroxylation sites is 1. The fourth-order valence-electron chi connectivity index (χ4n) is 11.0. The van der Waals surface area contributed by atoms with Crippen LogP contribution in [-0.2, 0) is 17.3 Å². The summed E-state index contributed by atoms with van der Waals surface area (Å²) in [5.74, 6) is 1.52. The highest BCUT2D eigenvalue weighted by molar-refractivity contribution is 5.86. The Bertz CT molecular complexity index is 2880. The van der Waals surface area contributed by atoms with Gasteiger partial charge in [-0.1, -0.05) is 185 Å². The summed E-state index contributed by atoms with van der Waals surface area (Å²) >= 11 is 0. The third kappa shape index (κ3) is 5.82. The summed E-state index contributed by atoms with van der Waals surface area (Å²) in [6.45, 7) is 9.51. The van der Waals surface area contributed by atoms with Crippen LogP contribution in [0.4, 0.5) is 17.1 Å². The molecule has 8 aromatic rings. The van der Waals surface area contributed by atoms with E-state index in [9.17, 15) is 0 Å². The SMILES string of the molecule is CC1(C)c2ccccc2-c2ccc(C3C(Cc4cccc(-c5cccc(N(c6ccccc6)c6ccc7c(c6)C(C)(C)c6ccccc6-7)c5)c4)C3c3ccccc3)cc21. The Morgan fingerprint density at radius 2 is 0.881 bits per heavy atom. The third-order valence-corrected chi connectivity index (χ3v) is 14.0. The van der Waals surface area contributed by atoms with Crippen molar-refractivity contribution in [3.8, 4) is 33.4 Å². The quantitative estimate of drug-likeness (QED) is 0.149. The van der Waals surface area contributed by atoms with E-state index in [1.54, 1.807) is 0 Å². The maximum atomic E-state index is 2.55. The Morgan fingerprint density at radius 3 is 1.58 bits per heavy atom. The Balaban J connectivity index is 0.922. The predicted octanol–water partition coefficient (Wildman–Crippen LogP) is 15.2. The fourth-order valence-corrected chi connectivity index (χ4v) is 11.0. The third-order valence-electron chi connectivity index (χ3n) is 14.0. The van der Waals surface area contributed by atoms with Crippen molar-refractivity contribution in [1.82, 2.24) is 0 Å². The van der Waals surface area contributed by atoms with Gasteiger partial charge in [-0.2, -0.15) is 0 Å². The Labute approximate surface area is 349 Å². The van der Waals surface area contributed by atoms with Gasteiger partial charge in [0.05, 0.1) is 0 Å². The normalized spacial score (nSPS) is 18.7. The molecule has 0 aromatic heterocycles. The standard InChI is InChI=1S/C58H49N/c1-57(2)51-27-13-11-25-46(51)48-31-29-42(36-53(48)57)56-50(55(56)39-18-7-5-8-19-39)34-38-17-15-20-40(33-38)41-21-16-24-44(35-41)59(43-22-9-6-10-23-43)45-30-32-49-47-26-12-14-28-52(47)58(3,4)54(49)37-45/h5-33,35-37,50,55-56H,34H2,1-4H3. The topological polar surface area (TPSA) is 3.24 Å². The van der Waals surface area contributed by atoms with E-state index >= 15 is 0 Å². The maximum Gasteiger partial charge on any atom is 0.0467 e. The van der Waals surface area contributed by atoms with E-state index in [1.807, 2.05) is 0 Å². The van der Waals surface area contributed by atoms with Crippen LogP contribution in [0, 0.1) is 5.92 Å². The van der Waals surface area contributed by atoms with Crippen LogP contribution < -0.4 is 4.90 Å². The van der Waals surface area contributed by atoms with Crippen LogP contribution in [0.1, 0.15) is 78.5 Å². The summed E-state index contributed by atoms with van der Waals surface area (Å²) in [5, 5.41) is 0. The monoisotopic (exact) mass is 759 g/mol. The molecule has 3 unspecified atom stereocenters. The van der Waals surface area contributed by atoms with Crippen LogP contribution in [0.3, 0.4) is 0 Å². The van der Waals surface area contributed by atoms with Gasteiger partial charge in [-0.25, -0.2) is 0 Å². The smallest absolute Gasteiger partial charge is 0.0467 e. The molecule has 8 aromatic carbocycles. The summed E-state index contributed by atoms with van der Waals surface area (Å²) in [7, 11) is 0. The Hall–Kier alpha value is -6.44. The van der Waals surface area contributed by atoms with Gasteiger partial charge in [-0.05, 0) is 133 Å². The molecule has 59 heavy (non-hydrogen) atoms. The van der Waals surface area contributed by atoms with Crippen molar-refractivity contribution in [3.63, 3.8) is 0 Å². The number of hydrogen-bond donors (Lipinski definition) is 0. The van der Waals surface area contributed by atoms with Gasteiger partial charge >= 0.3 is 0 Å². The van der Waals surface area contributed by atoms with Gasteiger partial charge in [0.1, 0.15) is 0 Å². The molecular weight excluding hydrogens is 711 g/mol. The summed E-state index contributed by atoms with van der Waals surface area (Å²) in [4.78, 5) is 2.42. The van der Waals surface area contributed by atoms with Crippen LogP contribution in [0.5, 0.6) is 0 Å². The van der Waals surface area contributed by atoms with Crippen molar-refractivity contribution < 1.29 is 0 Å². The van der Waals surface area contributed by atoms with E-state index < -0.39 is 0 Å². The van der Waals surface area contributed by atoms with E-state index in [-0.39, 0.29) is 10.8 Å². The van der Waals surface area contributed by atoms with Crippen molar-refractivity contribution in [2.24, 2.45) is 5.92 Å². The minimum absolute atomic E-state index is 0.00346. The summed E-state index contributed by atoms with van der Waals surface area (Å²) in [6, 6.07) is 72.8. The molecule has 0 spiro atoms. The lowest BCUT2D eigenvalue weighted by molar-refractivity contribution is 0.658. The maximum absolute atomic E-state index is 2.55. The van der Waals surface area contributed by atoms with Crippen molar-refractivity contribution >= 4 is 17.1 Å². The zero-order valence-electron chi connectivity index (χ0n) is 34.4. The zero-order chi connectivity index (χ0) is 39.9. The molecule has 1 saturated carbocycles. The van der Waals surface area contributed by atoms with Gasteiger partial charge in [-0.15, -0.1) is 0 Å². The lowest BCUT2D eigenvalue weighted by Crippen LogP contribution is -2.16. The number of nitrogens with zero attached hydrogens (tertiary/aromatic N) is 1. The van der Waals surface area contributed by atoms with Gasteiger partial charge < -0.3 is 4.90 Å². The first-order chi connectivity index (χ1) is 28.8. The van der Waals surface area contributed by atoms with Gasteiger partial charge in [0, 0.05) is 27.9 Å². The molecule has 0 aliphatic heterocycles.